The van der Waals surface area contributed by atoms with E-state index < -0.39 is 5.91 Å². The highest BCUT2D eigenvalue weighted by Crippen LogP contribution is 2.16. The van der Waals surface area contributed by atoms with Gasteiger partial charge < -0.3 is 11.5 Å². The number of nitrogens with zero attached hydrogens (tertiary/aromatic N) is 2. The third-order valence-electron chi connectivity index (χ3n) is 2.53. The van der Waals surface area contributed by atoms with Crippen LogP contribution >= 0.6 is 12.2 Å². The molecule has 0 aliphatic carbocycles. The summed E-state index contributed by atoms with van der Waals surface area (Å²) in [6, 6.07) is 5.64. The Morgan fingerprint density at radius 2 is 2.11 bits per heavy atom. The summed E-state index contributed by atoms with van der Waals surface area (Å²) in [5.74, 6) is -0.522. The molecule has 0 radical (unpaired) electrons. The van der Waals surface area contributed by atoms with E-state index in [1.54, 1.807) is 10.9 Å². The molecule has 0 aliphatic heterocycles. The van der Waals surface area contributed by atoms with Gasteiger partial charge in [0.2, 0.25) is 0 Å². The number of aromatic nitrogens is 2. The minimum Gasteiger partial charge on any atom is -0.389 e. The van der Waals surface area contributed by atoms with Crippen molar-refractivity contribution in [2.75, 3.05) is 0 Å². The van der Waals surface area contributed by atoms with Crippen LogP contribution in [0.2, 0.25) is 0 Å². The molecular weight excluding hydrogens is 248 g/mol. The molecule has 0 aliphatic rings. The fourth-order valence-electron chi connectivity index (χ4n) is 1.62. The van der Waals surface area contributed by atoms with Crippen molar-refractivity contribution in [1.29, 1.82) is 0 Å². The monoisotopic (exact) mass is 260 g/mol. The van der Waals surface area contributed by atoms with Gasteiger partial charge in [0.25, 0.3) is 5.91 Å². The molecule has 0 unspecified atom stereocenters. The molecule has 1 aromatic heterocycles. The molecule has 4 N–H and O–H groups in total. The summed E-state index contributed by atoms with van der Waals surface area (Å²) in [6.45, 7) is 1.95. The molecule has 2 aromatic rings. The average molecular weight is 260 g/mol. The maximum atomic E-state index is 11.0. The second kappa shape index (κ2) is 4.58. The second-order valence-corrected chi connectivity index (χ2v) is 4.36. The van der Waals surface area contributed by atoms with Crippen LogP contribution in [0.3, 0.4) is 0 Å². The Hall–Kier alpha value is -2.21. The number of amides is 1. The van der Waals surface area contributed by atoms with Crippen molar-refractivity contribution < 1.29 is 4.79 Å². The Morgan fingerprint density at radius 3 is 2.67 bits per heavy atom. The third kappa shape index (κ3) is 2.23. The first-order valence-corrected chi connectivity index (χ1v) is 5.65. The van der Waals surface area contributed by atoms with Crippen LogP contribution in [0.4, 0.5) is 0 Å². The van der Waals surface area contributed by atoms with Gasteiger partial charge in [-0.2, -0.15) is 5.10 Å². The van der Waals surface area contributed by atoms with Gasteiger partial charge in [0.05, 0.1) is 17.4 Å². The van der Waals surface area contributed by atoms with E-state index in [0.29, 0.717) is 11.1 Å². The molecule has 0 bridgehead atoms. The molecule has 5 nitrogen and oxygen atoms in total. The standard InChI is InChI=1S/C12H12N4OS/c1-7-2-3-9(12(14)18)10(4-7)16-6-8(5-15-16)11(13)17/h2-6H,1H3,(H2,13,17)(H2,14,18). The normalized spacial score (nSPS) is 10.3. The molecule has 2 rings (SSSR count). The lowest BCUT2D eigenvalue weighted by atomic mass is 10.1. The number of thiocarbonyl (C=S) groups is 1. The summed E-state index contributed by atoms with van der Waals surface area (Å²) in [7, 11) is 0. The summed E-state index contributed by atoms with van der Waals surface area (Å²) in [6.07, 6.45) is 2.97. The average Bonchev–Trinajstić information content (AvgIpc) is 2.77. The maximum absolute atomic E-state index is 11.0. The van der Waals surface area contributed by atoms with Gasteiger partial charge in [0.1, 0.15) is 4.99 Å². The smallest absolute Gasteiger partial charge is 0.251 e. The number of hydrogen-bond donors (Lipinski definition) is 2. The third-order valence-corrected chi connectivity index (χ3v) is 2.75. The van der Waals surface area contributed by atoms with E-state index in [2.05, 4.69) is 5.10 Å². The summed E-state index contributed by atoms with van der Waals surface area (Å²) in [5.41, 5.74) is 13.7. The van der Waals surface area contributed by atoms with Crippen molar-refractivity contribution in [2.24, 2.45) is 11.5 Å². The van der Waals surface area contributed by atoms with Gasteiger partial charge in [-0.25, -0.2) is 4.68 Å². The number of carbonyl (C=O) groups excluding carboxylic acids is 1. The fraction of sp³-hybridized carbons (Fsp3) is 0.0833. The van der Waals surface area contributed by atoms with Crippen molar-refractivity contribution >= 4 is 23.1 Å². The zero-order chi connectivity index (χ0) is 13.3. The molecule has 92 valence electrons. The van der Waals surface area contributed by atoms with Crippen LogP contribution in [0.5, 0.6) is 0 Å². The first-order chi connectivity index (χ1) is 8.49. The second-order valence-electron chi connectivity index (χ2n) is 3.92. The largest absolute Gasteiger partial charge is 0.389 e. The van der Waals surface area contributed by atoms with Crippen LogP contribution in [0, 0.1) is 6.92 Å². The van der Waals surface area contributed by atoms with Crippen LogP contribution in [0.15, 0.2) is 30.6 Å². The molecule has 0 fully saturated rings. The van der Waals surface area contributed by atoms with Crippen molar-refractivity contribution in [1.82, 2.24) is 9.78 Å². The molecule has 1 aromatic carbocycles. The molecule has 0 spiro atoms. The molecule has 0 saturated heterocycles. The number of benzene rings is 1. The molecule has 1 amide bonds. The van der Waals surface area contributed by atoms with Crippen LogP contribution in [-0.2, 0) is 0 Å². The van der Waals surface area contributed by atoms with E-state index in [0.717, 1.165) is 11.3 Å². The first kappa shape index (κ1) is 12.3. The van der Waals surface area contributed by atoms with Crippen molar-refractivity contribution in [3.05, 3.63) is 47.3 Å². The summed E-state index contributed by atoms with van der Waals surface area (Å²) in [5, 5.41) is 4.09. The van der Waals surface area contributed by atoms with Gasteiger partial charge in [-0.3, -0.25) is 4.79 Å². The summed E-state index contributed by atoms with van der Waals surface area (Å²) >= 11 is 5.00. The molecule has 1 heterocycles. The highest BCUT2D eigenvalue weighted by atomic mass is 32.1. The molecular formula is C12H12N4OS. The lowest BCUT2D eigenvalue weighted by Crippen LogP contribution is -2.14. The van der Waals surface area contributed by atoms with Crippen LogP contribution in [-0.4, -0.2) is 20.7 Å². The summed E-state index contributed by atoms with van der Waals surface area (Å²) in [4.78, 5) is 11.3. The van der Waals surface area contributed by atoms with Crippen LogP contribution < -0.4 is 11.5 Å². The van der Waals surface area contributed by atoms with Crippen molar-refractivity contribution in [3.8, 4) is 5.69 Å². The number of carbonyl (C=O) groups is 1. The van der Waals surface area contributed by atoms with Crippen molar-refractivity contribution in [2.45, 2.75) is 6.92 Å². The molecule has 0 atom stereocenters. The quantitative estimate of drug-likeness (QED) is 0.803. The van der Waals surface area contributed by atoms with Crippen LogP contribution in [0.25, 0.3) is 5.69 Å². The van der Waals surface area contributed by atoms with Gasteiger partial charge in [-0.1, -0.05) is 18.3 Å². The highest BCUT2D eigenvalue weighted by Gasteiger charge is 2.10. The minimum atomic E-state index is -0.522. The number of nitrogens with two attached hydrogens (primary N) is 2. The predicted molar refractivity (Wildman–Crippen MR) is 72.7 cm³/mol. The highest BCUT2D eigenvalue weighted by molar-refractivity contribution is 7.80. The lowest BCUT2D eigenvalue weighted by molar-refractivity contribution is 0.100. The number of aryl methyl sites for hydroxylation is 1. The van der Waals surface area contributed by atoms with Gasteiger partial charge in [-0.05, 0) is 24.6 Å². The Morgan fingerprint density at radius 1 is 1.39 bits per heavy atom. The molecule has 0 saturated carbocycles. The Kier molecular flexibility index (Phi) is 3.12. The SMILES string of the molecule is Cc1ccc(C(N)=S)c(-n2cc(C(N)=O)cn2)c1. The van der Waals surface area contributed by atoms with Gasteiger partial charge >= 0.3 is 0 Å². The first-order valence-electron chi connectivity index (χ1n) is 5.24. The van der Waals surface area contributed by atoms with E-state index in [1.165, 1.54) is 6.20 Å². The Balaban J connectivity index is 2.57. The number of rotatable bonds is 3. The van der Waals surface area contributed by atoms with Crippen LogP contribution in [0.1, 0.15) is 21.5 Å². The van der Waals surface area contributed by atoms with E-state index >= 15 is 0 Å². The Bertz CT molecular complexity index is 633. The maximum Gasteiger partial charge on any atom is 0.251 e. The molecule has 18 heavy (non-hydrogen) atoms. The topological polar surface area (TPSA) is 86.9 Å². The lowest BCUT2D eigenvalue weighted by Gasteiger charge is -2.09. The zero-order valence-corrected chi connectivity index (χ0v) is 10.6. The Labute approximate surface area is 109 Å². The van der Waals surface area contributed by atoms with Gasteiger partial charge in [0, 0.05) is 11.8 Å². The van der Waals surface area contributed by atoms with E-state index in [4.69, 9.17) is 23.7 Å². The van der Waals surface area contributed by atoms with E-state index in [-0.39, 0.29) is 4.99 Å². The summed E-state index contributed by atoms with van der Waals surface area (Å²) < 4.78 is 1.54. The number of primary amides is 1. The number of hydrogen-bond acceptors (Lipinski definition) is 3. The van der Waals surface area contributed by atoms with Gasteiger partial charge in [-0.15, -0.1) is 0 Å². The zero-order valence-electron chi connectivity index (χ0n) is 9.75. The molecule has 6 heteroatoms. The van der Waals surface area contributed by atoms with E-state index in [9.17, 15) is 4.79 Å². The fourth-order valence-corrected chi connectivity index (χ4v) is 1.79. The van der Waals surface area contributed by atoms with Gasteiger partial charge in [0.15, 0.2) is 0 Å². The minimum absolute atomic E-state index is 0.279. The predicted octanol–water partition coefficient (Wildman–Crippen LogP) is 0.914. The van der Waals surface area contributed by atoms with Crippen molar-refractivity contribution in [3.63, 3.8) is 0 Å². The van der Waals surface area contributed by atoms with E-state index in [1.807, 2.05) is 25.1 Å².